The van der Waals surface area contributed by atoms with Crippen molar-refractivity contribution in [3.63, 3.8) is 0 Å². The van der Waals surface area contributed by atoms with Crippen molar-refractivity contribution < 1.29 is 23.8 Å². The van der Waals surface area contributed by atoms with Crippen LogP contribution in [-0.4, -0.2) is 29.7 Å². The van der Waals surface area contributed by atoms with Crippen molar-refractivity contribution in [2.75, 3.05) is 0 Å². The second kappa shape index (κ2) is 8.54. The van der Waals surface area contributed by atoms with Gasteiger partial charge in [0.25, 0.3) is 0 Å². The van der Waals surface area contributed by atoms with Gasteiger partial charge in [0.1, 0.15) is 12.2 Å². The van der Waals surface area contributed by atoms with Crippen LogP contribution in [0.2, 0.25) is 0 Å². The van der Waals surface area contributed by atoms with Crippen LogP contribution in [-0.2, 0) is 23.8 Å². The summed E-state index contributed by atoms with van der Waals surface area (Å²) in [6.07, 6.45) is 10.1. The third-order valence-electron chi connectivity index (χ3n) is 4.75. The van der Waals surface area contributed by atoms with Gasteiger partial charge in [0.05, 0.1) is 0 Å². The van der Waals surface area contributed by atoms with E-state index in [9.17, 15) is 9.59 Å². The van der Waals surface area contributed by atoms with Crippen LogP contribution in [0.15, 0.2) is 12.3 Å². The van der Waals surface area contributed by atoms with E-state index < -0.39 is 17.5 Å². The first-order valence-electron chi connectivity index (χ1n) is 9.18. The molecule has 0 aromatic heterocycles. The molecular weight excluding hydrogens is 308 g/mol. The zero-order chi connectivity index (χ0) is 17.6. The number of hydrogen-bond acceptors (Lipinski definition) is 5. The molecule has 0 atom stereocenters. The van der Waals surface area contributed by atoms with Gasteiger partial charge in [-0.2, -0.15) is 0 Å². The smallest absolute Gasteiger partial charge is 0.373 e. The molecule has 0 amide bonds. The van der Waals surface area contributed by atoms with Crippen LogP contribution in [0.25, 0.3) is 0 Å². The molecule has 0 heterocycles. The van der Waals surface area contributed by atoms with Crippen molar-refractivity contribution in [1.82, 2.24) is 0 Å². The average Bonchev–Trinajstić information content (AvgIpc) is 2.56. The van der Waals surface area contributed by atoms with Crippen LogP contribution >= 0.6 is 0 Å². The number of carbonyl (C=O) groups is 2. The van der Waals surface area contributed by atoms with Crippen LogP contribution < -0.4 is 0 Å². The largest absolute Gasteiger partial charge is 0.469 e. The summed E-state index contributed by atoms with van der Waals surface area (Å²) in [5.41, 5.74) is -1.25. The van der Waals surface area contributed by atoms with Gasteiger partial charge in [0.2, 0.25) is 5.60 Å². The molecule has 0 saturated heterocycles. The number of carbonyl (C=O) groups excluding carboxylic acids is 2. The van der Waals surface area contributed by atoms with Gasteiger partial charge in [-0.1, -0.05) is 12.8 Å². The van der Waals surface area contributed by atoms with Crippen LogP contribution in [0.5, 0.6) is 0 Å². The highest BCUT2D eigenvalue weighted by Crippen LogP contribution is 2.25. The maximum absolute atomic E-state index is 12.3. The van der Waals surface area contributed by atoms with Crippen LogP contribution in [0.1, 0.15) is 78.1 Å². The standard InChI is InChI=1S/C19H30O5/c1-14(17(20)22-15-10-6-4-7-11-15)24-19(2,3)18(21)23-16-12-8-5-9-13-16/h15-16H,1,4-13H2,2-3H3. The minimum absolute atomic E-state index is 0.0448. The lowest BCUT2D eigenvalue weighted by molar-refractivity contribution is -0.174. The van der Waals surface area contributed by atoms with Crippen LogP contribution in [0.4, 0.5) is 0 Å². The molecule has 0 aromatic carbocycles. The molecule has 5 heteroatoms. The molecule has 2 rings (SSSR count). The van der Waals surface area contributed by atoms with E-state index in [0.717, 1.165) is 51.4 Å². The quantitative estimate of drug-likeness (QED) is 0.415. The fourth-order valence-corrected chi connectivity index (χ4v) is 3.27. The highest BCUT2D eigenvalue weighted by Gasteiger charge is 2.36. The number of hydrogen-bond donors (Lipinski definition) is 0. The third-order valence-corrected chi connectivity index (χ3v) is 4.75. The van der Waals surface area contributed by atoms with E-state index in [0.29, 0.717) is 0 Å². The Balaban J connectivity index is 1.80. The minimum Gasteiger partial charge on any atom is -0.469 e. The average molecular weight is 338 g/mol. The van der Waals surface area contributed by atoms with Gasteiger partial charge in [-0.3, -0.25) is 0 Å². The Hall–Kier alpha value is -1.52. The Labute approximate surface area is 144 Å². The van der Waals surface area contributed by atoms with Gasteiger partial charge in [0.15, 0.2) is 5.76 Å². The van der Waals surface area contributed by atoms with Crippen molar-refractivity contribution in [2.24, 2.45) is 0 Å². The Morgan fingerprint density at radius 3 is 1.79 bits per heavy atom. The van der Waals surface area contributed by atoms with Gasteiger partial charge in [0, 0.05) is 0 Å². The third kappa shape index (κ3) is 5.53. The highest BCUT2D eigenvalue weighted by molar-refractivity contribution is 5.87. The number of esters is 2. The molecule has 2 saturated carbocycles. The summed E-state index contributed by atoms with van der Waals surface area (Å²) in [5.74, 6) is -1.17. The van der Waals surface area contributed by atoms with E-state index in [1.165, 1.54) is 12.8 Å². The second-order valence-electron chi connectivity index (χ2n) is 7.37. The van der Waals surface area contributed by atoms with Gasteiger partial charge >= 0.3 is 11.9 Å². The lowest BCUT2D eigenvalue weighted by Crippen LogP contribution is -2.40. The summed E-state index contributed by atoms with van der Waals surface area (Å²) in [6.45, 7) is 6.82. The second-order valence-corrected chi connectivity index (χ2v) is 7.37. The molecule has 0 aromatic rings. The Morgan fingerprint density at radius 2 is 1.29 bits per heavy atom. The fraction of sp³-hybridized carbons (Fsp3) is 0.789. The van der Waals surface area contributed by atoms with E-state index in [2.05, 4.69) is 6.58 Å². The van der Waals surface area contributed by atoms with Gasteiger partial charge < -0.3 is 14.2 Å². The first-order valence-corrected chi connectivity index (χ1v) is 9.18. The monoisotopic (exact) mass is 338 g/mol. The first-order chi connectivity index (χ1) is 11.4. The SMILES string of the molecule is C=C(OC(C)(C)C(=O)OC1CCCCC1)C(=O)OC1CCCCC1. The minimum atomic E-state index is -1.25. The maximum atomic E-state index is 12.3. The molecule has 0 N–H and O–H groups in total. The van der Waals surface area contributed by atoms with E-state index >= 15 is 0 Å². The molecule has 0 bridgehead atoms. The Morgan fingerprint density at radius 1 is 0.833 bits per heavy atom. The van der Waals surface area contributed by atoms with E-state index in [1.54, 1.807) is 13.8 Å². The van der Waals surface area contributed by atoms with E-state index in [-0.39, 0.29) is 18.0 Å². The zero-order valence-corrected chi connectivity index (χ0v) is 15.0. The maximum Gasteiger partial charge on any atom is 0.373 e. The Kier molecular flexibility index (Phi) is 6.69. The van der Waals surface area contributed by atoms with E-state index in [1.807, 2.05) is 0 Å². The summed E-state index contributed by atoms with van der Waals surface area (Å²) in [4.78, 5) is 24.4. The molecule has 0 aliphatic heterocycles. The predicted octanol–water partition coefficient (Wildman–Crippen LogP) is 4.05. The molecule has 24 heavy (non-hydrogen) atoms. The van der Waals surface area contributed by atoms with Gasteiger partial charge in [-0.15, -0.1) is 0 Å². The zero-order valence-electron chi connectivity index (χ0n) is 15.0. The molecule has 5 nitrogen and oxygen atoms in total. The molecular formula is C19H30O5. The summed E-state index contributed by atoms with van der Waals surface area (Å²) in [5, 5.41) is 0. The molecule has 2 aliphatic rings. The fourth-order valence-electron chi connectivity index (χ4n) is 3.27. The molecule has 0 radical (unpaired) electrons. The van der Waals surface area contributed by atoms with Crippen molar-refractivity contribution in [2.45, 2.75) is 95.9 Å². The number of ether oxygens (including phenoxy) is 3. The first kappa shape index (κ1) is 18.8. The van der Waals surface area contributed by atoms with Crippen molar-refractivity contribution in [3.8, 4) is 0 Å². The van der Waals surface area contributed by atoms with Crippen molar-refractivity contribution >= 4 is 11.9 Å². The summed E-state index contributed by atoms with van der Waals surface area (Å²) < 4.78 is 16.4. The lowest BCUT2D eigenvalue weighted by atomic mass is 9.97. The lowest BCUT2D eigenvalue weighted by Gasteiger charge is -2.29. The topological polar surface area (TPSA) is 61.8 Å². The summed E-state index contributed by atoms with van der Waals surface area (Å²) in [7, 11) is 0. The highest BCUT2D eigenvalue weighted by atomic mass is 16.6. The predicted molar refractivity (Wildman–Crippen MR) is 90.2 cm³/mol. The van der Waals surface area contributed by atoms with Crippen molar-refractivity contribution in [1.29, 1.82) is 0 Å². The molecule has 0 unspecified atom stereocenters. The summed E-state index contributed by atoms with van der Waals surface area (Å²) >= 11 is 0. The molecule has 2 fully saturated rings. The van der Waals surface area contributed by atoms with E-state index in [4.69, 9.17) is 14.2 Å². The number of rotatable bonds is 6. The molecule has 2 aliphatic carbocycles. The van der Waals surface area contributed by atoms with Crippen molar-refractivity contribution in [3.05, 3.63) is 12.3 Å². The van der Waals surface area contributed by atoms with Crippen LogP contribution in [0.3, 0.4) is 0 Å². The summed E-state index contributed by atoms with van der Waals surface area (Å²) in [6, 6.07) is 0. The Bertz CT molecular complexity index is 456. The van der Waals surface area contributed by atoms with Crippen LogP contribution in [0, 0.1) is 0 Å². The molecule has 136 valence electrons. The van der Waals surface area contributed by atoms with Gasteiger partial charge in [-0.05, 0) is 71.8 Å². The molecule has 0 spiro atoms. The normalized spacial score (nSPS) is 20.2. The van der Waals surface area contributed by atoms with Gasteiger partial charge in [-0.25, -0.2) is 9.59 Å².